The number of rotatable bonds is 4. The van der Waals surface area contributed by atoms with Crippen molar-refractivity contribution in [1.82, 2.24) is 0 Å². The molecule has 1 aliphatic carbocycles. The molecular weight excluding hydrogens is 228 g/mol. The lowest BCUT2D eigenvalue weighted by Crippen LogP contribution is -2.57. The first-order chi connectivity index (χ1) is 8.48. The summed E-state index contributed by atoms with van der Waals surface area (Å²) in [6.07, 6.45) is 1.35. The zero-order valence-electron chi connectivity index (χ0n) is 11.5. The van der Waals surface area contributed by atoms with E-state index in [0.29, 0.717) is 23.6 Å². The fourth-order valence-electron chi connectivity index (χ4n) is 2.53. The van der Waals surface area contributed by atoms with Crippen LogP contribution < -0.4 is 15.8 Å². The van der Waals surface area contributed by atoms with Crippen LogP contribution in [0.3, 0.4) is 0 Å². The topological polar surface area (TPSA) is 56.5 Å². The largest absolute Gasteiger partial charge is 0.495 e. The molecule has 4 heteroatoms. The van der Waals surface area contributed by atoms with Gasteiger partial charge in [0.1, 0.15) is 5.75 Å². The molecule has 0 bridgehead atoms. The zero-order valence-corrected chi connectivity index (χ0v) is 11.5. The van der Waals surface area contributed by atoms with E-state index in [9.17, 15) is 0 Å². The fraction of sp³-hybridized carbons (Fsp3) is 0.571. The van der Waals surface area contributed by atoms with E-state index in [1.807, 2.05) is 18.2 Å². The maximum absolute atomic E-state index is 5.80. The van der Waals surface area contributed by atoms with Gasteiger partial charge in [0, 0.05) is 30.3 Å². The van der Waals surface area contributed by atoms with Gasteiger partial charge < -0.3 is 20.5 Å². The van der Waals surface area contributed by atoms with Crippen LogP contribution in [0.5, 0.6) is 5.75 Å². The highest BCUT2D eigenvalue weighted by molar-refractivity contribution is 5.61. The molecule has 0 heterocycles. The van der Waals surface area contributed by atoms with Crippen molar-refractivity contribution in [1.29, 1.82) is 0 Å². The van der Waals surface area contributed by atoms with Crippen molar-refractivity contribution >= 4 is 11.4 Å². The number of nitrogens with one attached hydrogen (secondary N) is 1. The number of nitrogen functional groups attached to an aromatic ring is 1. The van der Waals surface area contributed by atoms with E-state index >= 15 is 0 Å². The molecule has 2 unspecified atom stereocenters. The molecule has 1 saturated carbocycles. The summed E-state index contributed by atoms with van der Waals surface area (Å²) in [5, 5.41) is 3.52. The Kier molecular flexibility index (Phi) is 3.39. The third-order valence-corrected chi connectivity index (χ3v) is 4.04. The van der Waals surface area contributed by atoms with Crippen molar-refractivity contribution in [2.45, 2.75) is 32.4 Å². The summed E-state index contributed by atoms with van der Waals surface area (Å²) < 4.78 is 10.7. The van der Waals surface area contributed by atoms with Crippen molar-refractivity contribution in [2.75, 3.05) is 25.3 Å². The van der Waals surface area contributed by atoms with Crippen LogP contribution in [-0.4, -0.2) is 26.4 Å². The zero-order chi connectivity index (χ0) is 13.3. The summed E-state index contributed by atoms with van der Waals surface area (Å²) in [6.45, 7) is 4.44. The van der Waals surface area contributed by atoms with Gasteiger partial charge >= 0.3 is 0 Å². The predicted molar refractivity (Wildman–Crippen MR) is 74.0 cm³/mol. The maximum Gasteiger partial charge on any atom is 0.143 e. The number of anilines is 2. The van der Waals surface area contributed by atoms with Gasteiger partial charge in [-0.1, -0.05) is 13.8 Å². The Balaban J connectivity index is 2.07. The molecule has 0 radical (unpaired) electrons. The van der Waals surface area contributed by atoms with Crippen molar-refractivity contribution in [3.8, 4) is 5.75 Å². The number of hydrogen-bond donors (Lipinski definition) is 2. The Hall–Kier alpha value is -1.42. The molecule has 2 atom stereocenters. The summed E-state index contributed by atoms with van der Waals surface area (Å²) in [7, 11) is 3.40. The van der Waals surface area contributed by atoms with Crippen LogP contribution in [0.4, 0.5) is 11.4 Å². The van der Waals surface area contributed by atoms with Gasteiger partial charge in [0.15, 0.2) is 0 Å². The molecule has 100 valence electrons. The van der Waals surface area contributed by atoms with Crippen LogP contribution in [0.25, 0.3) is 0 Å². The lowest BCUT2D eigenvalue weighted by molar-refractivity contribution is -0.0794. The molecule has 0 saturated heterocycles. The van der Waals surface area contributed by atoms with E-state index in [2.05, 4.69) is 19.2 Å². The Morgan fingerprint density at radius 1 is 1.33 bits per heavy atom. The lowest BCUT2D eigenvalue weighted by atomic mass is 9.64. The second kappa shape index (κ2) is 4.69. The standard InChI is InChI=1S/C14H22N2O2/c1-14(2)12(8-13(14)18-4)16-9-5-6-10(15)11(7-9)17-3/h5-7,12-13,16H,8,15H2,1-4H3. The molecule has 0 amide bonds. The molecule has 0 spiro atoms. The average molecular weight is 250 g/mol. The van der Waals surface area contributed by atoms with Gasteiger partial charge in [-0.25, -0.2) is 0 Å². The van der Waals surface area contributed by atoms with Gasteiger partial charge in [0.05, 0.1) is 18.9 Å². The highest BCUT2D eigenvalue weighted by atomic mass is 16.5. The molecular formula is C14H22N2O2. The van der Waals surface area contributed by atoms with E-state index in [4.69, 9.17) is 15.2 Å². The minimum atomic E-state index is 0.142. The summed E-state index contributed by atoms with van der Waals surface area (Å²) in [5.74, 6) is 0.709. The van der Waals surface area contributed by atoms with Gasteiger partial charge in [-0.2, -0.15) is 0 Å². The van der Waals surface area contributed by atoms with Crippen LogP contribution in [-0.2, 0) is 4.74 Å². The summed E-state index contributed by atoms with van der Waals surface area (Å²) >= 11 is 0. The smallest absolute Gasteiger partial charge is 0.143 e. The van der Waals surface area contributed by atoms with E-state index in [1.54, 1.807) is 14.2 Å². The highest BCUT2D eigenvalue weighted by Crippen LogP contribution is 2.44. The number of nitrogens with two attached hydrogens (primary N) is 1. The minimum Gasteiger partial charge on any atom is -0.495 e. The first-order valence-corrected chi connectivity index (χ1v) is 6.22. The number of ether oxygens (including phenoxy) is 2. The Morgan fingerprint density at radius 3 is 2.61 bits per heavy atom. The maximum atomic E-state index is 5.80. The SMILES string of the molecule is COc1cc(NC2CC(OC)C2(C)C)ccc1N. The van der Waals surface area contributed by atoms with E-state index in [-0.39, 0.29) is 5.41 Å². The van der Waals surface area contributed by atoms with Crippen LogP contribution in [0.2, 0.25) is 0 Å². The second-order valence-corrected chi connectivity index (χ2v) is 5.44. The Morgan fingerprint density at radius 2 is 2.06 bits per heavy atom. The average Bonchev–Trinajstić information content (AvgIpc) is 2.35. The van der Waals surface area contributed by atoms with Gasteiger partial charge in [-0.3, -0.25) is 0 Å². The minimum absolute atomic E-state index is 0.142. The summed E-state index contributed by atoms with van der Waals surface area (Å²) in [5.41, 5.74) is 7.64. The van der Waals surface area contributed by atoms with E-state index < -0.39 is 0 Å². The molecule has 1 aromatic rings. The first kappa shape index (κ1) is 13.0. The normalized spacial score (nSPS) is 25.3. The fourth-order valence-corrected chi connectivity index (χ4v) is 2.53. The van der Waals surface area contributed by atoms with Crippen LogP contribution >= 0.6 is 0 Å². The number of hydrogen-bond acceptors (Lipinski definition) is 4. The monoisotopic (exact) mass is 250 g/mol. The predicted octanol–water partition coefficient (Wildman–Crippen LogP) is 2.50. The Labute approximate surface area is 108 Å². The molecule has 3 N–H and O–H groups in total. The van der Waals surface area contributed by atoms with Gasteiger partial charge in [-0.15, -0.1) is 0 Å². The third-order valence-electron chi connectivity index (χ3n) is 4.04. The summed E-state index contributed by atoms with van der Waals surface area (Å²) in [6, 6.07) is 6.19. The highest BCUT2D eigenvalue weighted by Gasteiger charge is 2.48. The molecule has 18 heavy (non-hydrogen) atoms. The molecule has 0 aliphatic heterocycles. The van der Waals surface area contributed by atoms with Crippen molar-refractivity contribution in [3.05, 3.63) is 18.2 Å². The van der Waals surface area contributed by atoms with Crippen molar-refractivity contribution < 1.29 is 9.47 Å². The Bertz CT molecular complexity index is 432. The van der Waals surface area contributed by atoms with Crippen molar-refractivity contribution in [2.24, 2.45) is 5.41 Å². The lowest BCUT2D eigenvalue weighted by Gasteiger charge is -2.51. The molecule has 1 aromatic carbocycles. The van der Waals surface area contributed by atoms with Gasteiger partial charge in [0.2, 0.25) is 0 Å². The number of methoxy groups -OCH3 is 2. The van der Waals surface area contributed by atoms with Crippen LogP contribution in [0.15, 0.2) is 18.2 Å². The molecule has 0 aromatic heterocycles. The van der Waals surface area contributed by atoms with Gasteiger partial charge in [-0.05, 0) is 18.6 Å². The quantitative estimate of drug-likeness (QED) is 0.806. The summed E-state index contributed by atoms with van der Waals surface area (Å²) in [4.78, 5) is 0. The van der Waals surface area contributed by atoms with Crippen molar-refractivity contribution in [3.63, 3.8) is 0 Å². The van der Waals surface area contributed by atoms with Gasteiger partial charge in [0.25, 0.3) is 0 Å². The molecule has 1 aliphatic rings. The first-order valence-electron chi connectivity index (χ1n) is 6.22. The van der Waals surface area contributed by atoms with Crippen LogP contribution in [0.1, 0.15) is 20.3 Å². The molecule has 4 nitrogen and oxygen atoms in total. The van der Waals surface area contributed by atoms with E-state index in [0.717, 1.165) is 12.1 Å². The third kappa shape index (κ3) is 2.12. The molecule has 1 fully saturated rings. The molecule has 2 rings (SSSR count). The van der Waals surface area contributed by atoms with Crippen LogP contribution in [0, 0.1) is 5.41 Å². The van der Waals surface area contributed by atoms with E-state index in [1.165, 1.54) is 0 Å². The number of benzene rings is 1. The second-order valence-electron chi connectivity index (χ2n) is 5.44.